The van der Waals surface area contributed by atoms with Crippen molar-refractivity contribution in [1.82, 2.24) is 0 Å². The largest absolute Gasteiger partial charge is 0.310 e. The maximum Gasteiger partial charge on any atom is 0.0543 e. The summed E-state index contributed by atoms with van der Waals surface area (Å²) in [5.41, 5.74) is 20.6. The summed E-state index contributed by atoms with van der Waals surface area (Å²) in [4.78, 5) is 2.53. The number of benzene rings is 9. The SMILES string of the molecule is CC1(c2ccccc2)c2ccccc2-c2cc(N(c3cc(-c4ccccc4)cc(-c4ccccc4)c3)c3cccc4c3-c3ccccc3C4(C)c3ccccc3)ccc21. The van der Waals surface area contributed by atoms with Gasteiger partial charge in [0.1, 0.15) is 0 Å². The summed E-state index contributed by atoms with van der Waals surface area (Å²) in [6.07, 6.45) is 0. The molecule has 11 rings (SSSR count). The molecular weight excluding hydrogens is 711 g/mol. The van der Waals surface area contributed by atoms with Gasteiger partial charge in [0.2, 0.25) is 0 Å². The first-order valence-electron chi connectivity index (χ1n) is 20.7. The van der Waals surface area contributed by atoms with Crippen molar-refractivity contribution in [3.8, 4) is 44.5 Å². The van der Waals surface area contributed by atoms with Crippen molar-refractivity contribution in [2.24, 2.45) is 0 Å². The topological polar surface area (TPSA) is 3.24 Å². The smallest absolute Gasteiger partial charge is 0.0543 e. The Balaban J connectivity index is 1.21. The third-order valence-electron chi connectivity index (χ3n) is 13.2. The predicted molar refractivity (Wildman–Crippen MR) is 247 cm³/mol. The van der Waals surface area contributed by atoms with Crippen molar-refractivity contribution < 1.29 is 0 Å². The van der Waals surface area contributed by atoms with Crippen LogP contribution in [0.1, 0.15) is 47.2 Å². The van der Waals surface area contributed by atoms with Crippen molar-refractivity contribution in [2.75, 3.05) is 4.90 Å². The highest BCUT2D eigenvalue weighted by molar-refractivity contribution is 5.98. The van der Waals surface area contributed by atoms with E-state index in [1.54, 1.807) is 0 Å². The van der Waals surface area contributed by atoms with Crippen LogP contribution in [0.4, 0.5) is 17.1 Å². The lowest BCUT2D eigenvalue weighted by Crippen LogP contribution is -2.22. The van der Waals surface area contributed by atoms with Gasteiger partial charge in [-0.3, -0.25) is 0 Å². The van der Waals surface area contributed by atoms with Crippen LogP contribution in [-0.4, -0.2) is 0 Å². The van der Waals surface area contributed by atoms with E-state index >= 15 is 0 Å². The molecule has 9 aromatic rings. The second kappa shape index (κ2) is 13.7. The van der Waals surface area contributed by atoms with Gasteiger partial charge in [0, 0.05) is 27.8 Å². The minimum absolute atomic E-state index is 0.283. The molecule has 1 heteroatoms. The van der Waals surface area contributed by atoms with E-state index in [1.807, 2.05) is 0 Å². The highest BCUT2D eigenvalue weighted by Gasteiger charge is 2.44. The van der Waals surface area contributed by atoms with Gasteiger partial charge < -0.3 is 4.90 Å². The summed E-state index contributed by atoms with van der Waals surface area (Å²) in [6.45, 7) is 4.80. The second-order valence-corrected chi connectivity index (χ2v) is 16.3. The van der Waals surface area contributed by atoms with Crippen molar-refractivity contribution in [2.45, 2.75) is 24.7 Å². The van der Waals surface area contributed by atoms with Gasteiger partial charge in [-0.1, -0.05) is 188 Å². The zero-order chi connectivity index (χ0) is 39.6. The Morgan fingerprint density at radius 1 is 0.305 bits per heavy atom. The van der Waals surface area contributed by atoms with Crippen molar-refractivity contribution in [3.05, 3.63) is 258 Å². The number of fused-ring (bicyclic) bond motifs is 6. The van der Waals surface area contributed by atoms with E-state index in [-0.39, 0.29) is 10.8 Å². The van der Waals surface area contributed by atoms with Crippen molar-refractivity contribution in [3.63, 3.8) is 0 Å². The van der Waals surface area contributed by atoms with E-state index in [0.717, 1.165) is 17.1 Å². The average molecular weight is 754 g/mol. The first kappa shape index (κ1) is 35.0. The van der Waals surface area contributed by atoms with E-state index in [4.69, 9.17) is 0 Å². The minimum atomic E-state index is -0.329. The Labute approximate surface area is 347 Å². The molecule has 2 atom stereocenters. The maximum atomic E-state index is 2.53. The Hall–Kier alpha value is -7.22. The van der Waals surface area contributed by atoms with Gasteiger partial charge in [-0.15, -0.1) is 0 Å². The fourth-order valence-corrected chi connectivity index (χ4v) is 10.3. The number of hydrogen-bond acceptors (Lipinski definition) is 1. The van der Waals surface area contributed by atoms with Crippen LogP contribution < -0.4 is 4.90 Å². The molecule has 0 radical (unpaired) electrons. The van der Waals surface area contributed by atoms with E-state index in [1.165, 1.54) is 77.9 Å². The summed E-state index contributed by atoms with van der Waals surface area (Å²) >= 11 is 0. The predicted octanol–water partition coefficient (Wildman–Crippen LogP) is 15.2. The quantitative estimate of drug-likeness (QED) is 0.157. The fourth-order valence-electron chi connectivity index (χ4n) is 10.3. The number of rotatable bonds is 7. The monoisotopic (exact) mass is 753 g/mol. The fraction of sp³-hybridized carbons (Fsp3) is 0.0690. The number of hydrogen-bond donors (Lipinski definition) is 0. The van der Waals surface area contributed by atoms with Gasteiger partial charge in [0.25, 0.3) is 0 Å². The summed E-state index contributed by atoms with van der Waals surface area (Å²) in [7, 11) is 0. The molecule has 0 N–H and O–H groups in total. The minimum Gasteiger partial charge on any atom is -0.310 e. The lowest BCUT2D eigenvalue weighted by molar-refractivity contribution is 0.713. The average Bonchev–Trinajstić information content (AvgIpc) is 3.74. The van der Waals surface area contributed by atoms with E-state index in [2.05, 4.69) is 243 Å². The summed E-state index contributed by atoms with van der Waals surface area (Å²) in [5.74, 6) is 0. The molecule has 0 saturated carbocycles. The van der Waals surface area contributed by atoms with Gasteiger partial charge in [0.05, 0.1) is 5.69 Å². The van der Waals surface area contributed by atoms with Crippen LogP contribution in [0.15, 0.2) is 224 Å². The van der Waals surface area contributed by atoms with Gasteiger partial charge in [-0.2, -0.15) is 0 Å². The molecule has 1 nitrogen and oxygen atoms in total. The van der Waals surface area contributed by atoms with Crippen molar-refractivity contribution >= 4 is 17.1 Å². The zero-order valence-electron chi connectivity index (χ0n) is 33.3. The summed E-state index contributed by atoms with van der Waals surface area (Å²) in [5, 5.41) is 0. The molecule has 2 aliphatic rings. The number of nitrogens with zero attached hydrogens (tertiary/aromatic N) is 1. The highest BCUT2D eigenvalue weighted by Crippen LogP contribution is 2.58. The zero-order valence-corrected chi connectivity index (χ0v) is 33.3. The molecule has 0 bridgehead atoms. The first-order valence-corrected chi connectivity index (χ1v) is 20.7. The highest BCUT2D eigenvalue weighted by atomic mass is 15.1. The van der Waals surface area contributed by atoms with E-state index in [0.29, 0.717) is 0 Å². The molecule has 59 heavy (non-hydrogen) atoms. The molecule has 2 unspecified atom stereocenters. The molecule has 280 valence electrons. The molecule has 2 aliphatic carbocycles. The van der Waals surface area contributed by atoms with E-state index in [9.17, 15) is 0 Å². The van der Waals surface area contributed by atoms with Gasteiger partial charge in [-0.05, 0) is 123 Å². The van der Waals surface area contributed by atoms with Gasteiger partial charge in [-0.25, -0.2) is 0 Å². The third kappa shape index (κ3) is 5.39. The molecule has 0 spiro atoms. The van der Waals surface area contributed by atoms with Gasteiger partial charge >= 0.3 is 0 Å². The Kier molecular flexibility index (Phi) is 8.13. The molecule has 0 aromatic heterocycles. The normalized spacial score (nSPS) is 17.1. The molecule has 0 heterocycles. The van der Waals surface area contributed by atoms with E-state index < -0.39 is 0 Å². The van der Waals surface area contributed by atoms with Crippen LogP contribution in [0.2, 0.25) is 0 Å². The van der Waals surface area contributed by atoms with Crippen LogP contribution in [0.5, 0.6) is 0 Å². The molecule has 9 aromatic carbocycles. The van der Waals surface area contributed by atoms with Crippen LogP contribution in [0.25, 0.3) is 44.5 Å². The third-order valence-corrected chi connectivity index (χ3v) is 13.2. The molecular formula is C58H43N. The summed E-state index contributed by atoms with van der Waals surface area (Å²) < 4.78 is 0. The Bertz CT molecular complexity index is 2950. The summed E-state index contributed by atoms with van der Waals surface area (Å²) in [6, 6.07) is 82.9. The first-order chi connectivity index (χ1) is 29.0. The molecule has 0 saturated heterocycles. The van der Waals surface area contributed by atoms with Gasteiger partial charge in [0.15, 0.2) is 0 Å². The van der Waals surface area contributed by atoms with Crippen LogP contribution in [0.3, 0.4) is 0 Å². The van der Waals surface area contributed by atoms with Crippen molar-refractivity contribution in [1.29, 1.82) is 0 Å². The standard InChI is InChI=1S/C58H43N/c1-57(44-24-11-5-12-25-44)51-30-17-15-28-48(51)50-39-46(34-35-53(50)57)59(47-37-42(40-20-7-3-8-21-40)36-43(38-47)41-22-9-4-10-23-41)55-33-19-32-54-56(55)49-29-16-18-31-52(49)58(54,2)45-26-13-6-14-27-45/h3-39H,1-2H3. The van der Waals surface area contributed by atoms with Crippen LogP contribution in [0, 0.1) is 0 Å². The second-order valence-electron chi connectivity index (χ2n) is 16.3. The maximum absolute atomic E-state index is 2.53. The Morgan fingerprint density at radius 2 is 0.763 bits per heavy atom. The molecule has 0 aliphatic heterocycles. The lowest BCUT2D eigenvalue weighted by Gasteiger charge is -2.32. The van der Waals surface area contributed by atoms with Crippen LogP contribution in [-0.2, 0) is 10.8 Å². The Morgan fingerprint density at radius 3 is 1.36 bits per heavy atom. The molecule has 0 amide bonds. The van der Waals surface area contributed by atoms with Crippen LogP contribution >= 0.6 is 0 Å². The number of anilines is 3. The molecule has 0 fully saturated rings. The lowest BCUT2D eigenvalue weighted by atomic mass is 9.74.